The van der Waals surface area contributed by atoms with Crippen molar-refractivity contribution in [2.24, 2.45) is 14.1 Å². The Labute approximate surface area is 153 Å². The third-order valence-corrected chi connectivity index (χ3v) is 4.88. The molecule has 4 rings (SSSR count). The molecule has 0 bridgehead atoms. The van der Waals surface area contributed by atoms with Crippen LogP contribution >= 0.6 is 0 Å². The van der Waals surface area contributed by atoms with Gasteiger partial charge in [-0.05, 0) is 18.6 Å². The lowest BCUT2D eigenvalue weighted by Crippen LogP contribution is -2.37. The van der Waals surface area contributed by atoms with Crippen LogP contribution in [0.4, 0.5) is 0 Å². The Hall–Kier alpha value is -3.49. The highest BCUT2D eigenvalue weighted by Gasteiger charge is 2.34. The molecule has 1 aromatic carbocycles. The number of benzene rings is 1. The Kier molecular flexibility index (Phi) is 3.79. The van der Waals surface area contributed by atoms with Crippen molar-refractivity contribution in [3.63, 3.8) is 0 Å². The molecule has 0 radical (unpaired) electrons. The molecule has 0 saturated carbocycles. The van der Waals surface area contributed by atoms with E-state index < -0.39 is 11.2 Å². The van der Waals surface area contributed by atoms with Crippen LogP contribution in [0.15, 0.2) is 40.2 Å². The van der Waals surface area contributed by atoms with Crippen LogP contribution < -0.4 is 11.2 Å². The van der Waals surface area contributed by atoms with Gasteiger partial charge < -0.3 is 4.57 Å². The van der Waals surface area contributed by atoms with Gasteiger partial charge in [-0.2, -0.15) is 0 Å². The van der Waals surface area contributed by atoms with Crippen LogP contribution in [0.1, 0.15) is 27.1 Å². The van der Waals surface area contributed by atoms with E-state index in [9.17, 15) is 19.2 Å². The quantitative estimate of drug-likeness (QED) is 0.610. The summed E-state index contributed by atoms with van der Waals surface area (Å²) < 4.78 is 4.00. The van der Waals surface area contributed by atoms with Gasteiger partial charge in [0, 0.05) is 27.2 Å². The molecule has 2 amide bonds. The molecule has 138 valence electrons. The van der Waals surface area contributed by atoms with E-state index in [-0.39, 0.29) is 18.4 Å². The molecular weight excluding hydrogens is 350 g/mol. The maximum Gasteiger partial charge on any atom is 0.332 e. The molecule has 0 atom stereocenters. The molecule has 1 aliphatic heterocycles. The molecule has 0 fully saturated rings. The predicted octanol–water partition coefficient (Wildman–Crippen LogP) is 0.120. The normalized spacial score (nSPS) is 13.6. The van der Waals surface area contributed by atoms with E-state index in [4.69, 9.17) is 0 Å². The van der Waals surface area contributed by atoms with Crippen LogP contribution in [-0.4, -0.2) is 41.9 Å². The molecule has 0 spiro atoms. The number of carbonyl (C=O) groups is 2. The van der Waals surface area contributed by atoms with Gasteiger partial charge in [0.2, 0.25) is 0 Å². The minimum atomic E-state index is -0.441. The SMILES string of the molecule is Cn1c(=O)c2c(ncn2CCCN2C(=O)c3ccccc3C2=O)n(C)c1=O. The molecule has 3 aromatic rings. The zero-order chi connectivity index (χ0) is 19.3. The highest BCUT2D eigenvalue weighted by molar-refractivity contribution is 6.21. The minimum Gasteiger partial charge on any atom is -0.325 e. The molecule has 9 heteroatoms. The monoisotopic (exact) mass is 367 g/mol. The van der Waals surface area contributed by atoms with Crippen molar-refractivity contribution in [3.8, 4) is 0 Å². The molecule has 0 aliphatic carbocycles. The minimum absolute atomic E-state index is 0.234. The molecule has 27 heavy (non-hydrogen) atoms. The summed E-state index contributed by atoms with van der Waals surface area (Å²) in [5, 5.41) is 0. The number of imidazole rings is 1. The van der Waals surface area contributed by atoms with Gasteiger partial charge in [0.25, 0.3) is 17.4 Å². The van der Waals surface area contributed by atoms with Crippen molar-refractivity contribution in [3.05, 3.63) is 62.6 Å². The van der Waals surface area contributed by atoms with E-state index in [0.29, 0.717) is 35.3 Å². The lowest BCUT2D eigenvalue weighted by atomic mass is 10.1. The van der Waals surface area contributed by atoms with Crippen molar-refractivity contribution in [1.82, 2.24) is 23.6 Å². The van der Waals surface area contributed by atoms with Crippen molar-refractivity contribution in [1.29, 1.82) is 0 Å². The fraction of sp³-hybridized carbons (Fsp3) is 0.278. The highest BCUT2D eigenvalue weighted by Crippen LogP contribution is 2.22. The van der Waals surface area contributed by atoms with Crippen LogP contribution in [0.3, 0.4) is 0 Å². The molecular formula is C18H17N5O4. The highest BCUT2D eigenvalue weighted by atomic mass is 16.2. The first-order valence-electron chi connectivity index (χ1n) is 8.48. The number of rotatable bonds is 4. The van der Waals surface area contributed by atoms with Gasteiger partial charge >= 0.3 is 5.69 Å². The van der Waals surface area contributed by atoms with Crippen LogP contribution in [0.2, 0.25) is 0 Å². The molecule has 0 unspecified atom stereocenters. The van der Waals surface area contributed by atoms with E-state index >= 15 is 0 Å². The smallest absolute Gasteiger partial charge is 0.325 e. The lowest BCUT2D eigenvalue weighted by molar-refractivity contribution is 0.0651. The maximum absolute atomic E-state index is 12.4. The summed E-state index contributed by atoms with van der Waals surface area (Å²) in [6.07, 6.45) is 1.96. The van der Waals surface area contributed by atoms with E-state index in [0.717, 1.165) is 4.57 Å². The summed E-state index contributed by atoms with van der Waals surface area (Å²) >= 11 is 0. The number of fused-ring (bicyclic) bond motifs is 2. The van der Waals surface area contributed by atoms with Crippen LogP contribution in [0.25, 0.3) is 11.2 Å². The van der Waals surface area contributed by atoms with Gasteiger partial charge in [0.1, 0.15) is 0 Å². The van der Waals surface area contributed by atoms with Crippen molar-refractivity contribution < 1.29 is 9.59 Å². The van der Waals surface area contributed by atoms with Gasteiger partial charge in [-0.1, -0.05) is 12.1 Å². The van der Waals surface area contributed by atoms with Crippen LogP contribution in [0.5, 0.6) is 0 Å². The zero-order valence-corrected chi connectivity index (χ0v) is 14.9. The van der Waals surface area contributed by atoms with E-state index in [1.54, 1.807) is 35.9 Å². The van der Waals surface area contributed by atoms with Crippen molar-refractivity contribution in [2.45, 2.75) is 13.0 Å². The lowest BCUT2D eigenvalue weighted by Gasteiger charge is -2.14. The Balaban J connectivity index is 1.56. The summed E-state index contributed by atoms with van der Waals surface area (Å²) in [6.45, 7) is 0.620. The van der Waals surface area contributed by atoms with Gasteiger partial charge in [0.05, 0.1) is 17.5 Å². The Morgan fingerprint density at radius 2 is 1.52 bits per heavy atom. The van der Waals surface area contributed by atoms with Gasteiger partial charge in [0.15, 0.2) is 11.2 Å². The number of imide groups is 1. The molecule has 1 aliphatic rings. The number of aromatic nitrogens is 4. The summed E-state index contributed by atoms with van der Waals surface area (Å²) in [5.74, 6) is -0.603. The molecule has 3 heterocycles. The summed E-state index contributed by atoms with van der Waals surface area (Å²) in [4.78, 5) is 54.6. The van der Waals surface area contributed by atoms with Crippen LogP contribution in [0, 0.1) is 0 Å². The Morgan fingerprint density at radius 1 is 0.889 bits per heavy atom. The average Bonchev–Trinajstić information content (AvgIpc) is 3.20. The largest absolute Gasteiger partial charge is 0.332 e. The topological polar surface area (TPSA) is 99.2 Å². The fourth-order valence-corrected chi connectivity index (χ4v) is 3.41. The summed E-state index contributed by atoms with van der Waals surface area (Å²) in [7, 11) is 2.97. The van der Waals surface area contributed by atoms with Gasteiger partial charge in [-0.15, -0.1) is 0 Å². The standard InChI is InChI=1S/C18H17N5O4/c1-20-14-13(17(26)21(2)18(20)27)22(10-19-14)8-5-9-23-15(24)11-6-3-4-7-12(11)16(23)25/h3-4,6-7,10H,5,8-9H2,1-2H3. The first kappa shape index (κ1) is 17.0. The predicted molar refractivity (Wildman–Crippen MR) is 96.6 cm³/mol. The first-order chi connectivity index (χ1) is 12.9. The zero-order valence-electron chi connectivity index (χ0n) is 14.9. The molecule has 2 aromatic heterocycles. The second-order valence-electron chi connectivity index (χ2n) is 6.48. The molecule has 0 N–H and O–H groups in total. The van der Waals surface area contributed by atoms with Crippen molar-refractivity contribution in [2.75, 3.05) is 6.54 Å². The third-order valence-electron chi connectivity index (χ3n) is 4.88. The second kappa shape index (κ2) is 6.04. The summed E-state index contributed by atoms with van der Waals surface area (Å²) in [5.41, 5.74) is 0.597. The Bertz CT molecular complexity index is 1180. The Morgan fingerprint density at radius 3 is 2.15 bits per heavy atom. The first-order valence-corrected chi connectivity index (χ1v) is 8.48. The maximum atomic E-state index is 12.4. The number of hydrogen-bond donors (Lipinski definition) is 0. The molecule has 0 saturated heterocycles. The summed E-state index contributed by atoms with van der Waals surface area (Å²) in [6, 6.07) is 6.74. The second-order valence-corrected chi connectivity index (χ2v) is 6.48. The average molecular weight is 367 g/mol. The van der Waals surface area contributed by atoms with E-state index in [2.05, 4.69) is 4.98 Å². The molecule has 9 nitrogen and oxygen atoms in total. The number of nitrogens with zero attached hydrogens (tertiary/aromatic N) is 5. The van der Waals surface area contributed by atoms with E-state index in [1.807, 2.05) is 0 Å². The number of hydrogen-bond acceptors (Lipinski definition) is 5. The number of amides is 2. The number of carbonyl (C=O) groups excluding carboxylic acids is 2. The van der Waals surface area contributed by atoms with Gasteiger partial charge in [-0.3, -0.25) is 28.4 Å². The van der Waals surface area contributed by atoms with E-state index in [1.165, 1.54) is 22.8 Å². The fourth-order valence-electron chi connectivity index (χ4n) is 3.41. The van der Waals surface area contributed by atoms with Crippen molar-refractivity contribution >= 4 is 23.0 Å². The van der Waals surface area contributed by atoms with Crippen LogP contribution in [-0.2, 0) is 20.6 Å². The van der Waals surface area contributed by atoms with Gasteiger partial charge in [-0.25, -0.2) is 9.78 Å². The third kappa shape index (κ3) is 2.42. The number of aryl methyl sites for hydroxylation is 2.